The van der Waals surface area contributed by atoms with Gasteiger partial charge in [0.1, 0.15) is 28.7 Å². The Labute approximate surface area is 179 Å². The van der Waals surface area contributed by atoms with Crippen molar-refractivity contribution in [2.45, 2.75) is 25.2 Å². The van der Waals surface area contributed by atoms with Crippen LogP contribution < -0.4 is 11.1 Å². The van der Waals surface area contributed by atoms with Gasteiger partial charge in [-0.3, -0.25) is 4.40 Å². The van der Waals surface area contributed by atoms with Crippen LogP contribution in [0.15, 0.2) is 73.1 Å². The summed E-state index contributed by atoms with van der Waals surface area (Å²) in [5.74, 6) is 2.88. The van der Waals surface area contributed by atoms with Crippen LogP contribution in [0.3, 0.4) is 0 Å². The molecule has 0 unspecified atom stereocenters. The van der Waals surface area contributed by atoms with Crippen molar-refractivity contribution < 1.29 is 0 Å². The standard InChI is InChI=1S/C25H22N6/c26-24-23-22(30-25(17-5-4-6-17)31(23)14-13-27-24)18-10-9-16-11-12-21(29-20(16)15-18)28-19-7-2-1-3-8-19/h1-3,7-15,17H,4-6H2,(H2,26,27)(H,28,29). The second-order valence-electron chi connectivity index (χ2n) is 8.07. The lowest BCUT2D eigenvalue weighted by molar-refractivity contribution is 0.400. The van der Waals surface area contributed by atoms with Gasteiger partial charge in [0.2, 0.25) is 0 Å². The molecular weight excluding hydrogens is 384 g/mol. The number of imidazole rings is 1. The molecule has 1 fully saturated rings. The number of hydrogen-bond donors (Lipinski definition) is 2. The Morgan fingerprint density at radius 2 is 1.81 bits per heavy atom. The van der Waals surface area contributed by atoms with Gasteiger partial charge in [0, 0.05) is 34.9 Å². The number of fused-ring (bicyclic) bond motifs is 2. The summed E-state index contributed by atoms with van der Waals surface area (Å²) in [7, 11) is 0. The van der Waals surface area contributed by atoms with Crippen molar-refractivity contribution >= 4 is 33.7 Å². The van der Waals surface area contributed by atoms with Gasteiger partial charge >= 0.3 is 0 Å². The Balaban J connectivity index is 1.46. The monoisotopic (exact) mass is 406 g/mol. The topological polar surface area (TPSA) is 81.1 Å². The zero-order valence-electron chi connectivity index (χ0n) is 17.0. The van der Waals surface area contributed by atoms with E-state index in [2.05, 4.69) is 39.0 Å². The zero-order chi connectivity index (χ0) is 20.8. The average Bonchev–Trinajstić information content (AvgIpc) is 3.13. The molecule has 0 atom stereocenters. The SMILES string of the molecule is Nc1nccn2c(C3CCC3)nc(-c3ccc4ccc(Nc5ccccc5)nc4c3)c12. The van der Waals surface area contributed by atoms with Crippen LogP contribution in [-0.4, -0.2) is 19.4 Å². The molecule has 0 amide bonds. The van der Waals surface area contributed by atoms with Gasteiger partial charge in [-0.25, -0.2) is 15.0 Å². The molecule has 2 aromatic carbocycles. The number of nitrogens with one attached hydrogen (secondary N) is 1. The van der Waals surface area contributed by atoms with Crippen LogP contribution >= 0.6 is 0 Å². The van der Waals surface area contributed by atoms with Crippen molar-refractivity contribution in [2.24, 2.45) is 0 Å². The Hall–Kier alpha value is -3.93. The predicted molar refractivity (Wildman–Crippen MR) is 124 cm³/mol. The Bertz CT molecular complexity index is 1400. The number of nitrogen functional groups attached to an aromatic ring is 1. The lowest BCUT2D eigenvalue weighted by Gasteiger charge is -2.23. The van der Waals surface area contributed by atoms with E-state index in [-0.39, 0.29) is 0 Å². The normalized spacial score (nSPS) is 14.1. The number of nitrogens with zero attached hydrogens (tertiary/aromatic N) is 4. The molecular formula is C25H22N6. The molecule has 1 aliphatic rings. The lowest BCUT2D eigenvalue weighted by atomic mass is 9.85. The summed E-state index contributed by atoms with van der Waals surface area (Å²) in [6.45, 7) is 0. The van der Waals surface area contributed by atoms with Gasteiger partial charge in [0.25, 0.3) is 0 Å². The van der Waals surface area contributed by atoms with Gasteiger partial charge in [0.15, 0.2) is 0 Å². The highest BCUT2D eigenvalue weighted by Gasteiger charge is 2.26. The number of hydrogen-bond acceptors (Lipinski definition) is 5. The second-order valence-corrected chi connectivity index (χ2v) is 8.07. The van der Waals surface area contributed by atoms with E-state index in [1.54, 1.807) is 6.20 Å². The van der Waals surface area contributed by atoms with E-state index in [9.17, 15) is 0 Å². The summed E-state index contributed by atoms with van der Waals surface area (Å²) < 4.78 is 2.12. The molecule has 0 radical (unpaired) electrons. The number of anilines is 3. The molecule has 0 aliphatic heterocycles. The van der Waals surface area contributed by atoms with Crippen molar-refractivity contribution in [3.63, 3.8) is 0 Å². The molecule has 3 aromatic heterocycles. The summed E-state index contributed by atoms with van der Waals surface area (Å²) in [5, 5.41) is 4.45. The maximum absolute atomic E-state index is 6.29. The molecule has 6 rings (SSSR count). The van der Waals surface area contributed by atoms with Gasteiger partial charge < -0.3 is 11.1 Å². The lowest BCUT2D eigenvalue weighted by Crippen LogP contribution is -2.12. The van der Waals surface area contributed by atoms with Crippen LogP contribution in [0.25, 0.3) is 27.7 Å². The molecule has 0 spiro atoms. The van der Waals surface area contributed by atoms with E-state index in [1.165, 1.54) is 19.3 Å². The van der Waals surface area contributed by atoms with Crippen molar-refractivity contribution in [3.05, 3.63) is 78.9 Å². The molecule has 31 heavy (non-hydrogen) atoms. The fourth-order valence-electron chi connectivity index (χ4n) is 4.25. The Morgan fingerprint density at radius 1 is 0.968 bits per heavy atom. The number of para-hydroxylation sites is 1. The van der Waals surface area contributed by atoms with Crippen LogP contribution in [0.5, 0.6) is 0 Å². The fourth-order valence-corrected chi connectivity index (χ4v) is 4.25. The molecule has 1 aliphatic carbocycles. The summed E-state index contributed by atoms with van der Waals surface area (Å²) in [6.07, 6.45) is 7.33. The van der Waals surface area contributed by atoms with Crippen LogP contribution in [-0.2, 0) is 0 Å². The van der Waals surface area contributed by atoms with E-state index in [0.717, 1.165) is 45.0 Å². The third kappa shape index (κ3) is 3.08. The Kier molecular flexibility index (Phi) is 4.09. The highest BCUT2D eigenvalue weighted by Crippen LogP contribution is 2.39. The van der Waals surface area contributed by atoms with E-state index in [4.69, 9.17) is 15.7 Å². The van der Waals surface area contributed by atoms with Crippen molar-refractivity contribution in [1.82, 2.24) is 19.4 Å². The van der Waals surface area contributed by atoms with Crippen LogP contribution in [0.1, 0.15) is 31.0 Å². The summed E-state index contributed by atoms with van der Waals surface area (Å²) >= 11 is 0. The molecule has 3 heterocycles. The van der Waals surface area contributed by atoms with E-state index < -0.39 is 0 Å². The first-order valence-corrected chi connectivity index (χ1v) is 10.6. The highest BCUT2D eigenvalue weighted by atomic mass is 15.1. The first kappa shape index (κ1) is 17.9. The van der Waals surface area contributed by atoms with E-state index in [0.29, 0.717) is 11.7 Å². The van der Waals surface area contributed by atoms with E-state index >= 15 is 0 Å². The Morgan fingerprint density at radius 3 is 2.61 bits per heavy atom. The van der Waals surface area contributed by atoms with Crippen molar-refractivity contribution in [1.29, 1.82) is 0 Å². The summed E-state index contributed by atoms with van der Waals surface area (Å²) in [4.78, 5) is 14.2. The number of nitrogens with two attached hydrogens (primary N) is 1. The minimum atomic E-state index is 0.489. The molecule has 3 N–H and O–H groups in total. The largest absolute Gasteiger partial charge is 0.382 e. The molecule has 0 bridgehead atoms. The number of rotatable bonds is 4. The maximum atomic E-state index is 6.29. The van der Waals surface area contributed by atoms with Crippen LogP contribution in [0, 0.1) is 0 Å². The molecule has 6 heteroatoms. The number of pyridine rings is 1. The third-order valence-corrected chi connectivity index (χ3v) is 6.09. The number of benzene rings is 2. The van der Waals surface area contributed by atoms with Gasteiger partial charge in [-0.1, -0.05) is 36.8 Å². The smallest absolute Gasteiger partial charge is 0.150 e. The van der Waals surface area contributed by atoms with E-state index in [1.807, 2.05) is 42.6 Å². The first-order valence-electron chi connectivity index (χ1n) is 10.6. The van der Waals surface area contributed by atoms with Crippen LogP contribution in [0.4, 0.5) is 17.3 Å². The molecule has 6 nitrogen and oxygen atoms in total. The van der Waals surface area contributed by atoms with Crippen molar-refractivity contribution in [2.75, 3.05) is 11.1 Å². The minimum absolute atomic E-state index is 0.489. The summed E-state index contributed by atoms with van der Waals surface area (Å²) in [5.41, 5.74) is 11.0. The van der Waals surface area contributed by atoms with Gasteiger partial charge in [-0.2, -0.15) is 0 Å². The fraction of sp³-hybridized carbons (Fsp3) is 0.160. The molecule has 152 valence electrons. The van der Waals surface area contributed by atoms with Gasteiger partial charge in [0.05, 0.1) is 5.52 Å². The second kappa shape index (κ2) is 7.09. The zero-order valence-corrected chi connectivity index (χ0v) is 17.0. The quantitative estimate of drug-likeness (QED) is 0.410. The third-order valence-electron chi connectivity index (χ3n) is 6.09. The molecule has 1 saturated carbocycles. The van der Waals surface area contributed by atoms with Crippen LogP contribution in [0.2, 0.25) is 0 Å². The highest BCUT2D eigenvalue weighted by molar-refractivity contribution is 5.91. The van der Waals surface area contributed by atoms with Crippen molar-refractivity contribution in [3.8, 4) is 11.3 Å². The first-order chi connectivity index (χ1) is 15.3. The minimum Gasteiger partial charge on any atom is -0.382 e. The predicted octanol–water partition coefficient (Wildman–Crippen LogP) is 5.54. The number of aromatic nitrogens is 4. The maximum Gasteiger partial charge on any atom is 0.150 e. The average molecular weight is 406 g/mol. The van der Waals surface area contributed by atoms with Gasteiger partial charge in [-0.05, 0) is 43.2 Å². The summed E-state index contributed by atoms with van der Waals surface area (Å²) in [6, 6.07) is 20.4. The molecule has 0 saturated heterocycles. The molecule has 5 aromatic rings. The van der Waals surface area contributed by atoms with Gasteiger partial charge in [-0.15, -0.1) is 0 Å².